The zero-order chi connectivity index (χ0) is 17.6. The first-order valence-corrected chi connectivity index (χ1v) is 8.57. The van der Waals surface area contributed by atoms with Crippen molar-refractivity contribution in [2.75, 3.05) is 7.05 Å². The van der Waals surface area contributed by atoms with Gasteiger partial charge in [-0.05, 0) is 41.7 Å². The van der Waals surface area contributed by atoms with Crippen LogP contribution in [0.2, 0.25) is 0 Å². The molecule has 2 aromatic carbocycles. The number of fused-ring (bicyclic) bond motifs is 2. The fourth-order valence-electron chi connectivity index (χ4n) is 3.80. The van der Waals surface area contributed by atoms with Gasteiger partial charge in [-0.15, -0.1) is 0 Å². The standard InChI is InChI=1S/C20H21N3O2/c1-13(24)22(2)18-10-9-15-8-7-14(11-16(15)18)12-23-19-6-4-3-5-17(19)21-20(23)25/h3-8,11,18H,9-10,12H2,1-2H3,(H,21,25). The molecule has 0 saturated heterocycles. The molecule has 1 aromatic heterocycles. The van der Waals surface area contributed by atoms with Crippen molar-refractivity contribution >= 4 is 16.9 Å². The molecule has 3 aromatic rings. The molecule has 1 aliphatic carbocycles. The molecule has 1 heterocycles. The number of rotatable bonds is 3. The van der Waals surface area contributed by atoms with Gasteiger partial charge in [-0.1, -0.05) is 30.3 Å². The highest BCUT2D eigenvalue weighted by molar-refractivity contribution is 5.75. The first-order chi connectivity index (χ1) is 12.0. The molecule has 0 aliphatic heterocycles. The molecular weight excluding hydrogens is 314 g/mol. The summed E-state index contributed by atoms with van der Waals surface area (Å²) in [6, 6.07) is 14.2. The number of H-pyrrole nitrogens is 1. The van der Waals surface area contributed by atoms with E-state index in [9.17, 15) is 9.59 Å². The second-order valence-electron chi connectivity index (χ2n) is 6.75. The summed E-state index contributed by atoms with van der Waals surface area (Å²) in [5, 5.41) is 0. The van der Waals surface area contributed by atoms with Gasteiger partial charge in [0.15, 0.2) is 0 Å². The van der Waals surface area contributed by atoms with Crippen molar-refractivity contribution in [1.29, 1.82) is 0 Å². The van der Waals surface area contributed by atoms with Crippen LogP contribution in [0.15, 0.2) is 47.3 Å². The molecule has 1 atom stereocenters. The van der Waals surface area contributed by atoms with Gasteiger partial charge in [0.1, 0.15) is 0 Å². The summed E-state index contributed by atoms with van der Waals surface area (Å²) in [4.78, 5) is 28.8. The second-order valence-corrected chi connectivity index (χ2v) is 6.75. The van der Waals surface area contributed by atoms with Gasteiger partial charge in [-0.2, -0.15) is 0 Å². The Morgan fingerprint density at radius 2 is 2.08 bits per heavy atom. The fourth-order valence-corrected chi connectivity index (χ4v) is 3.80. The maximum atomic E-state index is 12.3. The van der Waals surface area contributed by atoms with E-state index in [0.717, 1.165) is 29.4 Å². The Bertz CT molecular complexity index is 1020. The van der Waals surface area contributed by atoms with Crippen LogP contribution in [-0.2, 0) is 17.8 Å². The smallest absolute Gasteiger partial charge is 0.326 e. The Morgan fingerprint density at radius 3 is 2.88 bits per heavy atom. The zero-order valence-corrected chi connectivity index (χ0v) is 14.5. The van der Waals surface area contributed by atoms with E-state index in [2.05, 4.69) is 23.2 Å². The molecule has 0 fully saturated rings. The number of hydrogen-bond donors (Lipinski definition) is 1. The summed E-state index contributed by atoms with van der Waals surface area (Å²) < 4.78 is 1.76. The van der Waals surface area contributed by atoms with E-state index in [0.29, 0.717) is 6.54 Å². The summed E-state index contributed by atoms with van der Waals surface area (Å²) in [6.07, 6.45) is 1.95. The molecule has 0 saturated carbocycles. The van der Waals surface area contributed by atoms with Crippen LogP contribution in [0.25, 0.3) is 11.0 Å². The minimum atomic E-state index is -0.0981. The normalized spacial score (nSPS) is 16.2. The van der Waals surface area contributed by atoms with Crippen molar-refractivity contribution in [2.24, 2.45) is 0 Å². The van der Waals surface area contributed by atoms with Crippen LogP contribution in [0.4, 0.5) is 0 Å². The van der Waals surface area contributed by atoms with Crippen LogP contribution >= 0.6 is 0 Å². The Kier molecular flexibility index (Phi) is 3.71. The van der Waals surface area contributed by atoms with Gasteiger partial charge in [0, 0.05) is 14.0 Å². The third-order valence-electron chi connectivity index (χ3n) is 5.24. The first kappa shape index (κ1) is 15.7. The lowest BCUT2D eigenvalue weighted by atomic mass is 10.0. The van der Waals surface area contributed by atoms with Crippen LogP contribution in [-0.4, -0.2) is 27.4 Å². The number of nitrogens with zero attached hydrogens (tertiary/aromatic N) is 2. The van der Waals surface area contributed by atoms with Gasteiger partial charge in [0.2, 0.25) is 5.91 Å². The van der Waals surface area contributed by atoms with Gasteiger partial charge >= 0.3 is 5.69 Å². The van der Waals surface area contributed by atoms with Crippen LogP contribution in [0.3, 0.4) is 0 Å². The second kappa shape index (κ2) is 5.92. The monoisotopic (exact) mass is 335 g/mol. The minimum absolute atomic E-state index is 0.0797. The van der Waals surface area contributed by atoms with Crippen molar-refractivity contribution in [3.8, 4) is 0 Å². The Balaban J connectivity index is 1.71. The van der Waals surface area contributed by atoms with E-state index < -0.39 is 0 Å². The van der Waals surface area contributed by atoms with Gasteiger partial charge in [0.25, 0.3) is 0 Å². The summed E-state index contributed by atoms with van der Waals surface area (Å²) >= 11 is 0. The van der Waals surface area contributed by atoms with E-state index >= 15 is 0 Å². The molecule has 1 aliphatic rings. The number of benzene rings is 2. The molecule has 0 spiro atoms. The fraction of sp³-hybridized carbons (Fsp3) is 0.300. The topological polar surface area (TPSA) is 58.1 Å². The number of amides is 1. The first-order valence-electron chi connectivity index (χ1n) is 8.57. The molecule has 0 bridgehead atoms. The lowest BCUT2D eigenvalue weighted by Gasteiger charge is -2.24. The molecule has 0 radical (unpaired) electrons. The summed E-state index contributed by atoms with van der Waals surface area (Å²) in [7, 11) is 1.86. The van der Waals surface area contributed by atoms with Crippen molar-refractivity contribution in [3.05, 3.63) is 69.6 Å². The maximum absolute atomic E-state index is 12.3. The molecule has 25 heavy (non-hydrogen) atoms. The molecular formula is C20H21N3O2. The third-order valence-corrected chi connectivity index (χ3v) is 5.24. The molecule has 4 rings (SSSR count). The number of carbonyl (C=O) groups excluding carboxylic acids is 1. The molecule has 128 valence electrons. The molecule has 1 N–H and O–H groups in total. The van der Waals surface area contributed by atoms with Crippen LogP contribution < -0.4 is 5.69 Å². The number of nitrogens with one attached hydrogen (secondary N) is 1. The zero-order valence-electron chi connectivity index (χ0n) is 14.5. The average Bonchev–Trinajstić information content (AvgIpc) is 3.15. The molecule has 5 nitrogen and oxygen atoms in total. The van der Waals surface area contributed by atoms with Gasteiger partial charge in [-0.3, -0.25) is 9.36 Å². The van der Waals surface area contributed by atoms with Crippen LogP contribution in [0, 0.1) is 0 Å². The summed E-state index contributed by atoms with van der Waals surface area (Å²) in [5.41, 5.74) is 5.25. The number of carbonyl (C=O) groups is 1. The minimum Gasteiger partial charge on any atom is -0.339 e. The average molecular weight is 335 g/mol. The SMILES string of the molecule is CC(=O)N(C)C1CCc2ccc(Cn3c(=O)[nH]c4ccccc43)cc21. The van der Waals surface area contributed by atoms with Crippen molar-refractivity contribution in [3.63, 3.8) is 0 Å². The Hall–Kier alpha value is -2.82. The predicted molar refractivity (Wildman–Crippen MR) is 97.6 cm³/mol. The maximum Gasteiger partial charge on any atom is 0.326 e. The Labute approximate surface area is 145 Å². The van der Waals surface area contributed by atoms with Crippen molar-refractivity contribution in [2.45, 2.75) is 32.4 Å². The van der Waals surface area contributed by atoms with Crippen LogP contribution in [0.1, 0.15) is 36.1 Å². The van der Waals surface area contributed by atoms with E-state index in [-0.39, 0.29) is 17.6 Å². The van der Waals surface area contributed by atoms with E-state index in [1.807, 2.05) is 36.2 Å². The predicted octanol–water partition coefficient (Wildman–Crippen LogP) is 2.84. The van der Waals surface area contributed by atoms with Gasteiger partial charge in [0.05, 0.1) is 23.6 Å². The molecule has 5 heteroatoms. The van der Waals surface area contributed by atoms with Crippen molar-refractivity contribution < 1.29 is 4.79 Å². The highest BCUT2D eigenvalue weighted by Gasteiger charge is 2.27. The Morgan fingerprint density at radius 1 is 1.28 bits per heavy atom. The number of aromatic nitrogens is 2. The lowest BCUT2D eigenvalue weighted by molar-refractivity contribution is -0.129. The van der Waals surface area contributed by atoms with Gasteiger partial charge < -0.3 is 9.88 Å². The number of aromatic amines is 1. The quantitative estimate of drug-likeness (QED) is 0.800. The lowest BCUT2D eigenvalue weighted by Crippen LogP contribution is -2.27. The summed E-state index contributed by atoms with van der Waals surface area (Å²) in [5.74, 6) is 0.0797. The van der Waals surface area contributed by atoms with E-state index in [1.54, 1.807) is 11.5 Å². The number of para-hydroxylation sites is 2. The highest BCUT2D eigenvalue weighted by atomic mass is 16.2. The van der Waals surface area contributed by atoms with E-state index in [1.165, 1.54) is 11.1 Å². The molecule has 1 amide bonds. The van der Waals surface area contributed by atoms with Crippen LogP contribution in [0.5, 0.6) is 0 Å². The number of aryl methyl sites for hydroxylation is 1. The number of hydrogen-bond acceptors (Lipinski definition) is 2. The highest BCUT2D eigenvalue weighted by Crippen LogP contribution is 2.35. The molecule has 1 unspecified atom stereocenters. The largest absolute Gasteiger partial charge is 0.339 e. The number of imidazole rings is 1. The van der Waals surface area contributed by atoms with E-state index in [4.69, 9.17) is 0 Å². The summed E-state index contributed by atoms with van der Waals surface area (Å²) in [6.45, 7) is 2.12. The van der Waals surface area contributed by atoms with Gasteiger partial charge in [-0.25, -0.2) is 4.79 Å². The third kappa shape index (κ3) is 2.65. The van der Waals surface area contributed by atoms with Crippen molar-refractivity contribution in [1.82, 2.24) is 14.5 Å².